The number of nitrogens with two attached hydrogens (primary N) is 2. The Morgan fingerprint density at radius 2 is 1.88 bits per heavy atom. The van der Waals surface area contributed by atoms with Crippen LogP contribution in [-0.4, -0.2) is 34.7 Å². The molecule has 1 atom stereocenters. The molecule has 6 heteroatoms. The molecule has 0 radical (unpaired) electrons. The van der Waals surface area contributed by atoms with E-state index in [0.717, 1.165) is 0 Å². The number of likely N-dealkylation sites (tertiary alicyclic amines) is 1. The second kappa shape index (κ2) is 4.61. The van der Waals surface area contributed by atoms with Gasteiger partial charge in [-0.05, 0) is 19.8 Å². The normalized spacial score (nSPS) is 20.0. The molecule has 0 aromatic rings. The molecular formula is C10H17N3O3. The van der Waals surface area contributed by atoms with Gasteiger partial charge >= 0.3 is 0 Å². The molecule has 1 aliphatic heterocycles. The van der Waals surface area contributed by atoms with Gasteiger partial charge in [0.1, 0.15) is 0 Å². The highest BCUT2D eigenvalue weighted by molar-refractivity contribution is 6.01. The number of hydrogen-bond donors (Lipinski definition) is 2. The Bertz CT molecular complexity index is 309. The van der Waals surface area contributed by atoms with Crippen LogP contribution in [0.15, 0.2) is 0 Å². The average Bonchev–Trinajstić information content (AvgIpc) is 2.48. The number of rotatable bonds is 5. The number of amides is 3. The first-order valence-corrected chi connectivity index (χ1v) is 5.26. The molecule has 1 rings (SSSR count). The quantitative estimate of drug-likeness (QED) is 0.594. The first-order chi connectivity index (χ1) is 7.34. The van der Waals surface area contributed by atoms with Crippen LogP contribution in [0.1, 0.15) is 32.6 Å². The van der Waals surface area contributed by atoms with E-state index in [-0.39, 0.29) is 24.7 Å². The van der Waals surface area contributed by atoms with E-state index in [1.54, 1.807) is 6.92 Å². The third-order valence-corrected chi connectivity index (χ3v) is 2.80. The number of nitrogens with zero attached hydrogens (tertiary/aromatic N) is 1. The maximum atomic E-state index is 11.3. The maximum absolute atomic E-state index is 11.3. The highest BCUT2D eigenvalue weighted by Gasteiger charge is 2.30. The van der Waals surface area contributed by atoms with Crippen LogP contribution >= 0.6 is 0 Å². The van der Waals surface area contributed by atoms with Crippen LogP contribution in [0.3, 0.4) is 0 Å². The third-order valence-electron chi connectivity index (χ3n) is 2.80. The Kier molecular flexibility index (Phi) is 3.64. The summed E-state index contributed by atoms with van der Waals surface area (Å²) in [4.78, 5) is 34.7. The minimum atomic E-state index is -1.08. The summed E-state index contributed by atoms with van der Waals surface area (Å²) < 4.78 is 0. The van der Waals surface area contributed by atoms with E-state index >= 15 is 0 Å². The molecule has 0 spiro atoms. The Balaban J connectivity index is 2.38. The number of hydrogen-bond acceptors (Lipinski definition) is 4. The topological polar surface area (TPSA) is 106 Å². The van der Waals surface area contributed by atoms with Crippen molar-refractivity contribution in [3.63, 3.8) is 0 Å². The molecule has 0 aliphatic carbocycles. The average molecular weight is 227 g/mol. The van der Waals surface area contributed by atoms with Gasteiger partial charge in [0.15, 0.2) is 0 Å². The van der Waals surface area contributed by atoms with Gasteiger partial charge in [0, 0.05) is 19.4 Å². The zero-order valence-electron chi connectivity index (χ0n) is 9.36. The summed E-state index contributed by atoms with van der Waals surface area (Å²) in [5.41, 5.74) is 9.68. The van der Waals surface area contributed by atoms with E-state index in [4.69, 9.17) is 11.5 Å². The summed E-state index contributed by atoms with van der Waals surface area (Å²) in [5, 5.41) is 0. The summed E-state index contributed by atoms with van der Waals surface area (Å²) in [6.07, 6.45) is 1.43. The fraction of sp³-hybridized carbons (Fsp3) is 0.700. The molecule has 1 fully saturated rings. The fourth-order valence-electron chi connectivity index (χ4n) is 1.60. The molecule has 1 aliphatic rings. The van der Waals surface area contributed by atoms with Gasteiger partial charge < -0.3 is 11.5 Å². The highest BCUT2D eigenvalue weighted by Crippen LogP contribution is 2.14. The molecule has 1 saturated heterocycles. The Hall–Kier alpha value is -1.43. The van der Waals surface area contributed by atoms with Crippen molar-refractivity contribution in [3.05, 3.63) is 0 Å². The van der Waals surface area contributed by atoms with Crippen molar-refractivity contribution in [2.45, 2.75) is 38.1 Å². The Labute approximate surface area is 93.9 Å². The fourth-order valence-corrected chi connectivity index (χ4v) is 1.60. The Morgan fingerprint density at radius 3 is 2.31 bits per heavy atom. The molecule has 1 unspecified atom stereocenters. The zero-order valence-corrected chi connectivity index (χ0v) is 9.36. The van der Waals surface area contributed by atoms with Gasteiger partial charge in [0.2, 0.25) is 17.7 Å². The van der Waals surface area contributed by atoms with Crippen LogP contribution in [0.25, 0.3) is 0 Å². The van der Waals surface area contributed by atoms with Crippen molar-refractivity contribution in [1.29, 1.82) is 0 Å². The van der Waals surface area contributed by atoms with Crippen molar-refractivity contribution in [1.82, 2.24) is 4.90 Å². The van der Waals surface area contributed by atoms with Crippen molar-refractivity contribution in [2.75, 3.05) is 6.54 Å². The lowest BCUT2D eigenvalue weighted by atomic mass is 9.96. The molecule has 0 aromatic heterocycles. The molecule has 4 N–H and O–H groups in total. The maximum Gasteiger partial charge on any atom is 0.237 e. The van der Waals surface area contributed by atoms with Crippen LogP contribution in [0, 0.1) is 0 Å². The molecule has 90 valence electrons. The number of carbonyl (C=O) groups excluding carboxylic acids is 3. The molecule has 6 nitrogen and oxygen atoms in total. The molecule has 16 heavy (non-hydrogen) atoms. The molecule has 0 aromatic carbocycles. The van der Waals surface area contributed by atoms with Gasteiger partial charge in [-0.2, -0.15) is 0 Å². The van der Waals surface area contributed by atoms with Crippen molar-refractivity contribution >= 4 is 17.7 Å². The van der Waals surface area contributed by atoms with E-state index in [9.17, 15) is 14.4 Å². The lowest BCUT2D eigenvalue weighted by molar-refractivity contribution is -0.138. The summed E-state index contributed by atoms with van der Waals surface area (Å²) in [7, 11) is 0. The van der Waals surface area contributed by atoms with Gasteiger partial charge in [-0.15, -0.1) is 0 Å². The van der Waals surface area contributed by atoms with E-state index in [1.807, 2.05) is 0 Å². The monoisotopic (exact) mass is 227 g/mol. The summed E-state index contributed by atoms with van der Waals surface area (Å²) in [5.74, 6) is -0.878. The zero-order chi connectivity index (χ0) is 12.3. The minimum Gasteiger partial charge on any atom is -0.368 e. The summed E-state index contributed by atoms with van der Waals surface area (Å²) in [6.45, 7) is 1.86. The Morgan fingerprint density at radius 1 is 1.38 bits per heavy atom. The standard InChI is InChI=1S/C10H17N3O3/c1-10(12,9(11)16)5-2-6-13-7(14)3-4-8(13)15/h2-6,12H2,1H3,(H2,11,16). The molecule has 1 heterocycles. The minimum absolute atomic E-state index is 0.150. The van der Waals surface area contributed by atoms with Gasteiger partial charge in [-0.25, -0.2) is 0 Å². The third kappa shape index (κ3) is 2.79. The lowest BCUT2D eigenvalue weighted by Crippen LogP contribution is -2.49. The van der Waals surface area contributed by atoms with Gasteiger partial charge in [-0.1, -0.05) is 0 Å². The van der Waals surface area contributed by atoms with E-state index in [2.05, 4.69) is 0 Å². The van der Waals surface area contributed by atoms with Crippen LogP contribution < -0.4 is 11.5 Å². The smallest absolute Gasteiger partial charge is 0.237 e. The predicted molar refractivity (Wildman–Crippen MR) is 57.0 cm³/mol. The van der Waals surface area contributed by atoms with E-state index < -0.39 is 11.4 Å². The second-order valence-corrected chi connectivity index (χ2v) is 4.32. The predicted octanol–water partition coefficient (Wildman–Crippen LogP) is -0.882. The molecule has 0 bridgehead atoms. The van der Waals surface area contributed by atoms with Crippen molar-refractivity contribution in [3.8, 4) is 0 Å². The van der Waals surface area contributed by atoms with Crippen molar-refractivity contribution in [2.24, 2.45) is 11.5 Å². The van der Waals surface area contributed by atoms with Gasteiger partial charge in [-0.3, -0.25) is 19.3 Å². The first kappa shape index (κ1) is 12.6. The van der Waals surface area contributed by atoms with E-state index in [0.29, 0.717) is 19.4 Å². The van der Waals surface area contributed by atoms with Gasteiger partial charge in [0.25, 0.3) is 0 Å². The van der Waals surface area contributed by atoms with Crippen LogP contribution in [0.5, 0.6) is 0 Å². The molecule has 0 saturated carbocycles. The van der Waals surface area contributed by atoms with E-state index in [1.165, 1.54) is 4.90 Å². The number of carbonyl (C=O) groups is 3. The largest absolute Gasteiger partial charge is 0.368 e. The van der Waals surface area contributed by atoms with Gasteiger partial charge in [0.05, 0.1) is 5.54 Å². The number of primary amides is 1. The van der Waals surface area contributed by atoms with Crippen LogP contribution in [-0.2, 0) is 14.4 Å². The first-order valence-electron chi connectivity index (χ1n) is 5.26. The lowest BCUT2D eigenvalue weighted by Gasteiger charge is -2.21. The molecular weight excluding hydrogens is 210 g/mol. The summed E-state index contributed by atoms with van der Waals surface area (Å²) in [6, 6.07) is 0. The second-order valence-electron chi connectivity index (χ2n) is 4.32. The molecule has 3 amide bonds. The highest BCUT2D eigenvalue weighted by atomic mass is 16.2. The van der Waals surface area contributed by atoms with Crippen LogP contribution in [0.2, 0.25) is 0 Å². The summed E-state index contributed by atoms with van der Waals surface area (Å²) >= 11 is 0. The number of imide groups is 1. The van der Waals surface area contributed by atoms with Crippen LogP contribution in [0.4, 0.5) is 0 Å². The SMILES string of the molecule is CC(N)(CCCN1C(=O)CCC1=O)C(N)=O. The van der Waals surface area contributed by atoms with Crippen molar-refractivity contribution < 1.29 is 14.4 Å².